The van der Waals surface area contributed by atoms with Gasteiger partial charge in [-0.2, -0.15) is 4.98 Å². The van der Waals surface area contributed by atoms with E-state index in [-0.39, 0.29) is 5.56 Å². The van der Waals surface area contributed by atoms with Crippen LogP contribution in [0.5, 0.6) is 0 Å². The molecule has 7 nitrogen and oxygen atoms in total. The first-order valence-electron chi connectivity index (χ1n) is 7.10. The van der Waals surface area contributed by atoms with Crippen LogP contribution in [0.4, 0.5) is 11.6 Å². The van der Waals surface area contributed by atoms with Crippen molar-refractivity contribution in [1.29, 1.82) is 0 Å². The first-order valence-corrected chi connectivity index (χ1v) is 7.10. The number of anilines is 2. The lowest BCUT2D eigenvalue weighted by Crippen LogP contribution is -2.29. The number of aromatic amines is 1. The monoisotopic (exact) mass is 297 g/mol. The van der Waals surface area contributed by atoms with E-state index in [1.807, 2.05) is 35.8 Å². The van der Waals surface area contributed by atoms with Gasteiger partial charge in [0, 0.05) is 25.8 Å². The summed E-state index contributed by atoms with van der Waals surface area (Å²) in [7, 11) is 1.61. The van der Waals surface area contributed by atoms with Crippen molar-refractivity contribution in [3.05, 3.63) is 50.7 Å². The Kier molecular flexibility index (Phi) is 2.53. The van der Waals surface area contributed by atoms with Crippen molar-refractivity contribution in [2.45, 2.75) is 13.5 Å². The van der Waals surface area contributed by atoms with E-state index >= 15 is 0 Å². The summed E-state index contributed by atoms with van der Waals surface area (Å²) in [6.45, 7) is 3.46. The van der Waals surface area contributed by atoms with E-state index in [1.165, 1.54) is 10.1 Å². The molecule has 0 fully saturated rings. The second kappa shape index (κ2) is 4.33. The van der Waals surface area contributed by atoms with Crippen molar-refractivity contribution >= 4 is 22.8 Å². The first-order chi connectivity index (χ1) is 10.6. The van der Waals surface area contributed by atoms with Gasteiger partial charge in [0.15, 0.2) is 11.2 Å². The molecule has 22 heavy (non-hydrogen) atoms. The number of rotatable bonds is 1. The van der Waals surface area contributed by atoms with Gasteiger partial charge in [-0.05, 0) is 19.1 Å². The molecule has 0 bridgehead atoms. The molecule has 3 heterocycles. The molecule has 112 valence electrons. The molecule has 0 atom stereocenters. The Hall–Kier alpha value is -2.83. The van der Waals surface area contributed by atoms with Crippen molar-refractivity contribution in [2.24, 2.45) is 7.05 Å². The van der Waals surface area contributed by atoms with Crippen molar-refractivity contribution < 1.29 is 0 Å². The molecule has 3 aromatic rings. The quantitative estimate of drug-likeness (QED) is 0.723. The molecule has 1 aliphatic heterocycles. The number of aromatic nitrogens is 4. The molecule has 1 aromatic carbocycles. The molecule has 1 aliphatic rings. The topological polar surface area (TPSA) is 75.9 Å². The van der Waals surface area contributed by atoms with E-state index in [9.17, 15) is 9.59 Å². The number of fused-ring (bicyclic) bond motifs is 3. The largest absolute Gasteiger partial charge is 0.329 e. The van der Waals surface area contributed by atoms with E-state index in [1.54, 1.807) is 7.05 Å². The van der Waals surface area contributed by atoms with E-state index < -0.39 is 5.69 Å². The number of nitrogens with zero attached hydrogens (tertiary/aromatic N) is 4. The highest BCUT2D eigenvalue weighted by molar-refractivity contribution is 5.77. The van der Waals surface area contributed by atoms with Crippen LogP contribution >= 0.6 is 0 Å². The maximum Gasteiger partial charge on any atom is 0.329 e. The van der Waals surface area contributed by atoms with Crippen molar-refractivity contribution in [2.75, 3.05) is 11.4 Å². The molecule has 0 aliphatic carbocycles. The number of aryl methyl sites for hydroxylation is 2. The summed E-state index contributed by atoms with van der Waals surface area (Å²) in [5.41, 5.74) is 2.25. The van der Waals surface area contributed by atoms with Gasteiger partial charge < -0.3 is 9.47 Å². The molecular weight excluding hydrogens is 282 g/mol. The smallest absolute Gasteiger partial charge is 0.310 e. The summed E-state index contributed by atoms with van der Waals surface area (Å²) in [5.74, 6) is 0.700. The van der Waals surface area contributed by atoms with Gasteiger partial charge in [0.05, 0.1) is 0 Å². The van der Waals surface area contributed by atoms with Gasteiger partial charge in [0.1, 0.15) is 0 Å². The van der Waals surface area contributed by atoms with Gasteiger partial charge in [-0.3, -0.25) is 14.3 Å². The summed E-state index contributed by atoms with van der Waals surface area (Å²) in [4.78, 5) is 32.7. The molecule has 0 spiro atoms. The van der Waals surface area contributed by atoms with E-state index in [0.29, 0.717) is 23.7 Å². The van der Waals surface area contributed by atoms with E-state index in [2.05, 4.69) is 14.9 Å². The Balaban J connectivity index is 1.96. The maximum absolute atomic E-state index is 12.1. The summed E-state index contributed by atoms with van der Waals surface area (Å²) in [6.07, 6.45) is 0. The van der Waals surface area contributed by atoms with Gasteiger partial charge in [0.25, 0.3) is 5.56 Å². The highest BCUT2D eigenvalue weighted by Crippen LogP contribution is 2.31. The summed E-state index contributed by atoms with van der Waals surface area (Å²) in [6, 6.07) is 8.16. The molecule has 7 heteroatoms. The van der Waals surface area contributed by atoms with Gasteiger partial charge >= 0.3 is 5.69 Å². The average molecular weight is 297 g/mol. The van der Waals surface area contributed by atoms with Crippen LogP contribution in [0.15, 0.2) is 33.9 Å². The van der Waals surface area contributed by atoms with E-state index in [0.717, 1.165) is 12.2 Å². The second-order valence-corrected chi connectivity index (χ2v) is 5.54. The molecule has 2 aromatic heterocycles. The maximum atomic E-state index is 12.1. The predicted octanol–water partition coefficient (Wildman–Crippen LogP) is 0.883. The van der Waals surface area contributed by atoms with Crippen molar-refractivity contribution in [3.8, 4) is 0 Å². The van der Waals surface area contributed by atoms with Gasteiger partial charge in [-0.1, -0.05) is 17.7 Å². The number of hydrogen-bond acceptors (Lipinski definition) is 4. The molecule has 0 amide bonds. The van der Waals surface area contributed by atoms with Gasteiger partial charge in [-0.15, -0.1) is 0 Å². The van der Waals surface area contributed by atoms with Crippen molar-refractivity contribution in [3.63, 3.8) is 0 Å². The molecule has 1 N–H and O–H groups in total. The fourth-order valence-electron chi connectivity index (χ4n) is 2.91. The average Bonchev–Trinajstić information content (AvgIpc) is 3.05. The van der Waals surface area contributed by atoms with Crippen molar-refractivity contribution in [1.82, 2.24) is 19.1 Å². The minimum Gasteiger partial charge on any atom is -0.310 e. The number of benzene rings is 1. The highest BCUT2D eigenvalue weighted by Gasteiger charge is 2.27. The summed E-state index contributed by atoms with van der Waals surface area (Å²) < 4.78 is 3.24. The summed E-state index contributed by atoms with van der Waals surface area (Å²) in [5, 5.41) is 0. The Morgan fingerprint density at radius 2 is 1.86 bits per heavy atom. The number of imidazole rings is 1. The van der Waals surface area contributed by atoms with Crippen LogP contribution in [0, 0.1) is 6.92 Å². The molecule has 0 saturated heterocycles. The van der Waals surface area contributed by atoms with Crippen LogP contribution < -0.4 is 16.1 Å². The second-order valence-electron chi connectivity index (χ2n) is 5.54. The van der Waals surface area contributed by atoms with Crippen LogP contribution in [0.25, 0.3) is 11.2 Å². The highest BCUT2D eigenvalue weighted by atomic mass is 16.2. The molecule has 4 rings (SSSR count). The lowest BCUT2D eigenvalue weighted by molar-refractivity contribution is 0.797. The molecule has 0 unspecified atom stereocenters. The zero-order valence-electron chi connectivity index (χ0n) is 12.3. The Bertz CT molecular complexity index is 994. The zero-order chi connectivity index (χ0) is 15.4. The molecule has 0 radical (unpaired) electrons. The van der Waals surface area contributed by atoms with Gasteiger partial charge in [-0.25, -0.2) is 4.79 Å². The normalized spacial score (nSPS) is 13.8. The number of nitrogens with one attached hydrogen (secondary N) is 1. The third-order valence-corrected chi connectivity index (χ3v) is 4.12. The number of hydrogen-bond donors (Lipinski definition) is 1. The van der Waals surface area contributed by atoms with E-state index in [4.69, 9.17) is 0 Å². The zero-order valence-corrected chi connectivity index (χ0v) is 12.3. The standard InChI is InChI=1S/C15H15N5O2/c1-9-3-5-10(6-4-9)19-7-8-20-11-12(16-14(19)20)18(2)15(22)17-13(11)21/h3-6H,7-8H2,1-2H3,(H,17,21,22). The van der Waals surface area contributed by atoms with Gasteiger partial charge in [0.2, 0.25) is 5.95 Å². The third-order valence-electron chi connectivity index (χ3n) is 4.12. The minimum atomic E-state index is -0.448. The SMILES string of the molecule is Cc1ccc(N2CCn3c2nc2c3c(=O)[nH]c(=O)n2C)cc1. The lowest BCUT2D eigenvalue weighted by atomic mass is 10.2. The van der Waals surface area contributed by atoms with Crippen LogP contribution in [0.2, 0.25) is 0 Å². The Morgan fingerprint density at radius 1 is 1.14 bits per heavy atom. The fraction of sp³-hybridized carbons (Fsp3) is 0.267. The Labute approximate surface area is 125 Å². The van der Waals surface area contributed by atoms with Crippen LogP contribution in [0.1, 0.15) is 5.56 Å². The number of H-pyrrole nitrogens is 1. The summed E-state index contributed by atoms with van der Waals surface area (Å²) >= 11 is 0. The molecular formula is C15H15N5O2. The first kappa shape index (κ1) is 12.9. The molecule has 0 saturated carbocycles. The minimum absolute atomic E-state index is 0.386. The third kappa shape index (κ3) is 1.65. The van der Waals surface area contributed by atoms with Crippen LogP contribution in [-0.4, -0.2) is 25.6 Å². The van der Waals surface area contributed by atoms with Crippen LogP contribution in [0.3, 0.4) is 0 Å². The lowest BCUT2D eigenvalue weighted by Gasteiger charge is -2.16. The fourth-order valence-corrected chi connectivity index (χ4v) is 2.91. The van der Waals surface area contributed by atoms with Crippen LogP contribution in [-0.2, 0) is 13.6 Å². The Morgan fingerprint density at radius 3 is 2.59 bits per heavy atom. The predicted molar refractivity (Wildman–Crippen MR) is 83.8 cm³/mol.